The Hall–Kier alpha value is -2.62. The van der Waals surface area contributed by atoms with E-state index >= 15 is 0 Å². The number of rotatable bonds is 5. The first-order valence-electron chi connectivity index (χ1n) is 7.68. The fourth-order valence-electron chi connectivity index (χ4n) is 3.48. The highest BCUT2D eigenvalue weighted by Gasteiger charge is 2.50. The van der Waals surface area contributed by atoms with Crippen LogP contribution in [0, 0.1) is 0 Å². The van der Waals surface area contributed by atoms with Gasteiger partial charge in [-0.25, -0.2) is 0 Å². The second-order valence-corrected chi connectivity index (χ2v) is 6.02. The van der Waals surface area contributed by atoms with E-state index in [0.717, 1.165) is 16.8 Å². The zero-order valence-electron chi connectivity index (χ0n) is 13.0. The molecule has 0 aromatic heterocycles. The maximum Gasteiger partial charge on any atom is 0.304 e. The lowest BCUT2D eigenvalue weighted by molar-refractivity contribution is -0.141. The van der Waals surface area contributed by atoms with Gasteiger partial charge in [-0.2, -0.15) is 0 Å². The molecule has 0 bridgehead atoms. The van der Waals surface area contributed by atoms with Gasteiger partial charge in [-0.05, 0) is 30.0 Å². The average Bonchev–Trinajstić information content (AvgIpc) is 2.77. The predicted molar refractivity (Wildman–Crippen MR) is 88.5 cm³/mol. The number of hydrogen-bond acceptors (Lipinski definition) is 2. The summed E-state index contributed by atoms with van der Waals surface area (Å²) in [5, 5.41) is 9.40. The number of carboxylic acids is 1. The zero-order valence-corrected chi connectivity index (χ0v) is 13.0. The van der Waals surface area contributed by atoms with Crippen LogP contribution in [-0.2, 0) is 21.4 Å². The first-order valence-corrected chi connectivity index (χ1v) is 7.68. The third kappa shape index (κ3) is 2.61. The van der Waals surface area contributed by atoms with Crippen molar-refractivity contribution in [3.8, 4) is 0 Å². The van der Waals surface area contributed by atoms with Crippen LogP contribution in [0.2, 0.25) is 0 Å². The number of fused-ring (bicyclic) bond motifs is 1. The minimum Gasteiger partial charge on any atom is -0.481 e. The Bertz CT molecular complexity index is 741. The number of benzene rings is 2. The molecule has 1 unspecified atom stereocenters. The maximum atomic E-state index is 12.9. The number of anilines is 1. The van der Waals surface area contributed by atoms with Gasteiger partial charge in [0.05, 0.1) is 11.8 Å². The van der Waals surface area contributed by atoms with E-state index in [1.807, 2.05) is 54.6 Å². The number of amides is 1. The molecule has 0 saturated carbocycles. The van der Waals surface area contributed by atoms with Crippen molar-refractivity contribution in [2.24, 2.45) is 0 Å². The van der Waals surface area contributed by atoms with Gasteiger partial charge < -0.3 is 10.0 Å². The second kappa shape index (κ2) is 5.88. The zero-order chi connectivity index (χ0) is 16.4. The Kier molecular flexibility index (Phi) is 3.90. The van der Waals surface area contributed by atoms with Crippen LogP contribution in [-0.4, -0.2) is 24.0 Å². The number of likely N-dealkylation sites (N-methyl/N-ethyl adjacent to an activating group) is 1. The summed E-state index contributed by atoms with van der Waals surface area (Å²) in [6.45, 7) is 0. The predicted octanol–water partition coefficient (Wildman–Crippen LogP) is 3.01. The number of carbonyl (C=O) groups excluding carboxylic acids is 1. The van der Waals surface area contributed by atoms with Crippen LogP contribution >= 0.6 is 0 Å². The Labute approximate surface area is 135 Å². The number of nitrogens with zero attached hydrogens (tertiary/aromatic N) is 1. The SMILES string of the molecule is CN1C(=O)C(CCc2ccccc2)(CC(=O)O)c2ccccc21. The summed E-state index contributed by atoms with van der Waals surface area (Å²) in [7, 11) is 1.72. The molecule has 4 heteroatoms. The highest BCUT2D eigenvalue weighted by atomic mass is 16.4. The van der Waals surface area contributed by atoms with E-state index in [1.165, 1.54) is 0 Å². The van der Waals surface area contributed by atoms with Crippen LogP contribution in [0.25, 0.3) is 0 Å². The Morgan fingerprint density at radius 2 is 1.74 bits per heavy atom. The first-order chi connectivity index (χ1) is 11.0. The molecule has 1 N–H and O–H groups in total. The van der Waals surface area contributed by atoms with Crippen molar-refractivity contribution < 1.29 is 14.7 Å². The maximum absolute atomic E-state index is 12.9. The summed E-state index contributed by atoms with van der Waals surface area (Å²) in [5.41, 5.74) is 1.77. The molecule has 0 radical (unpaired) electrons. The molecule has 23 heavy (non-hydrogen) atoms. The normalized spacial score (nSPS) is 19.7. The van der Waals surface area contributed by atoms with Gasteiger partial charge in [-0.15, -0.1) is 0 Å². The third-order valence-electron chi connectivity index (χ3n) is 4.63. The fraction of sp³-hybridized carbons (Fsp3) is 0.263. The van der Waals surface area contributed by atoms with Crippen molar-refractivity contribution in [3.05, 3.63) is 65.7 Å². The average molecular weight is 309 g/mol. The van der Waals surface area contributed by atoms with Crippen molar-refractivity contribution in [2.45, 2.75) is 24.7 Å². The molecule has 1 atom stereocenters. The lowest BCUT2D eigenvalue weighted by Gasteiger charge is -2.26. The molecule has 0 spiro atoms. The highest BCUT2D eigenvalue weighted by molar-refractivity contribution is 6.09. The second-order valence-electron chi connectivity index (χ2n) is 6.02. The molecule has 1 aliphatic heterocycles. The van der Waals surface area contributed by atoms with Crippen molar-refractivity contribution in [1.29, 1.82) is 0 Å². The van der Waals surface area contributed by atoms with Gasteiger partial charge in [-0.3, -0.25) is 9.59 Å². The summed E-state index contributed by atoms with van der Waals surface area (Å²) in [6.07, 6.45) is 0.978. The van der Waals surface area contributed by atoms with E-state index in [-0.39, 0.29) is 12.3 Å². The number of para-hydroxylation sites is 1. The van der Waals surface area contributed by atoms with E-state index in [1.54, 1.807) is 11.9 Å². The van der Waals surface area contributed by atoms with Crippen LogP contribution in [0.4, 0.5) is 5.69 Å². The molecule has 2 aromatic rings. The molecule has 0 aliphatic carbocycles. The molecule has 1 heterocycles. The van der Waals surface area contributed by atoms with E-state index in [0.29, 0.717) is 12.8 Å². The minimum atomic E-state index is -0.979. The summed E-state index contributed by atoms with van der Waals surface area (Å²) in [5.74, 6) is -1.08. The highest BCUT2D eigenvalue weighted by Crippen LogP contribution is 2.46. The van der Waals surface area contributed by atoms with Crippen molar-refractivity contribution in [1.82, 2.24) is 0 Å². The summed E-state index contributed by atoms with van der Waals surface area (Å²) in [4.78, 5) is 26.0. The third-order valence-corrected chi connectivity index (χ3v) is 4.63. The fourth-order valence-corrected chi connectivity index (χ4v) is 3.48. The summed E-state index contributed by atoms with van der Waals surface area (Å²) >= 11 is 0. The van der Waals surface area contributed by atoms with E-state index < -0.39 is 11.4 Å². The quantitative estimate of drug-likeness (QED) is 0.923. The van der Waals surface area contributed by atoms with Gasteiger partial charge in [-0.1, -0.05) is 48.5 Å². The van der Waals surface area contributed by atoms with Gasteiger partial charge >= 0.3 is 5.97 Å². The number of carbonyl (C=O) groups is 2. The largest absolute Gasteiger partial charge is 0.481 e. The molecule has 0 saturated heterocycles. The lowest BCUT2D eigenvalue weighted by atomic mass is 9.74. The number of aliphatic carboxylic acids is 1. The molecule has 4 nitrogen and oxygen atoms in total. The van der Waals surface area contributed by atoms with Crippen LogP contribution in [0.3, 0.4) is 0 Å². The number of aryl methyl sites for hydroxylation is 1. The van der Waals surface area contributed by atoms with Crippen molar-refractivity contribution >= 4 is 17.6 Å². The van der Waals surface area contributed by atoms with Gasteiger partial charge in [0.1, 0.15) is 0 Å². The Morgan fingerprint density at radius 3 is 2.43 bits per heavy atom. The Balaban J connectivity index is 2.00. The van der Waals surface area contributed by atoms with Gasteiger partial charge in [0.15, 0.2) is 0 Å². The topological polar surface area (TPSA) is 57.6 Å². The monoisotopic (exact) mass is 309 g/mol. The molecule has 1 aliphatic rings. The minimum absolute atomic E-state index is 0.128. The molecular weight excluding hydrogens is 290 g/mol. The van der Waals surface area contributed by atoms with Crippen LogP contribution in [0.5, 0.6) is 0 Å². The number of hydrogen-bond donors (Lipinski definition) is 1. The van der Waals surface area contributed by atoms with Crippen LogP contribution in [0.1, 0.15) is 24.0 Å². The first kappa shape index (κ1) is 15.3. The summed E-state index contributed by atoms with van der Waals surface area (Å²) < 4.78 is 0. The van der Waals surface area contributed by atoms with Crippen LogP contribution < -0.4 is 4.90 Å². The standard InChI is InChI=1S/C19H19NO3/c1-20-16-10-6-5-9-15(16)19(18(20)23,13-17(21)22)12-11-14-7-3-2-4-8-14/h2-10H,11-13H2,1H3,(H,21,22). The number of carboxylic acid groups (broad SMARTS) is 1. The van der Waals surface area contributed by atoms with E-state index in [2.05, 4.69) is 0 Å². The van der Waals surface area contributed by atoms with Crippen molar-refractivity contribution in [3.63, 3.8) is 0 Å². The van der Waals surface area contributed by atoms with Gasteiger partial charge in [0, 0.05) is 12.7 Å². The van der Waals surface area contributed by atoms with Crippen molar-refractivity contribution in [2.75, 3.05) is 11.9 Å². The molecule has 1 amide bonds. The molecule has 3 rings (SSSR count). The van der Waals surface area contributed by atoms with E-state index in [9.17, 15) is 14.7 Å². The molecule has 0 fully saturated rings. The smallest absolute Gasteiger partial charge is 0.304 e. The molecular formula is C19H19NO3. The molecule has 118 valence electrons. The molecule has 2 aromatic carbocycles. The van der Waals surface area contributed by atoms with E-state index in [4.69, 9.17) is 0 Å². The summed E-state index contributed by atoms with van der Waals surface area (Å²) in [6, 6.07) is 17.4. The van der Waals surface area contributed by atoms with Gasteiger partial charge in [0.2, 0.25) is 5.91 Å². The van der Waals surface area contributed by atoms with Gasteiger partial charge in [0.25, 0.3) is 0 Å². The van der Waals surface area contributed by atoms with Crippen LogP contribution in [0.15, 0.2) is 54.6 Å². The Morgan fingerprint density at radius 1 is 1.09 bits per heavy atom. The lowest BCUT2D eigenvalue weighted by Crippen LogP contribution is -2.40.